The van der Waals surface area contributed by atoms with E-state index in [2.05, 4.69) is 10.2 Å². The molecule has 3 heteroatoms. The number of hydrogen-bond donors (Lipinski definition) is 1. The van der Waals surface area contributed by atoms with Crippen molar-refractivity contribution in [2.45, 2.75) is 13.3 Å². The lowest BCUT2D eigenvalue weighted by Crippen LogP contribution is -1.79. The Bertz CT molecular complexity index is 406. The van der Waals surface area contributed by atoms with Gasteiger partial charge in [0.05, 0.1) is 0 Å². The number of fused-ring (bicyclic) bond motifs is 1. The average molecular weight is 164 g/mol. The maximum atomic E-state index is 13.1. The fourth-order valence-electron chi connectivity index (χ4n) is 1.33. The molecule has 62 valence electrons. The van der Waals surface area contributed by atoms with Crippen LogP contribution in [0.1, 0.15) is 12.6 Å². The van der Waals surface area contributed by atoms with Gasteiger partial charge in [0.25, 0.3) is 0 Å². The van der Waals surface area contributed by atoms with Gasteiger partial charge in [0.15, 0.2) is 5.82 Å². The van der Waals surface area contributed by atoms with E-state index in [1.54, 1.807) is 6.07 Å². The minimum absolute atomic E-state index is 0.261. The molecule has 1 heterocycles. The minimum Gasteiger partial charge on any atom is -0.281 e. The Morgan fingerprint density at radius 1 is 1.50 bits per heavy atom. The molecule has 0 aliphatic carbocycles. The van der Waals surface area contributed by atoms with Crippen LogP contribution in [0.2, 0.25) is 0 Å². The van der Waals surface area contributed by atoms with Crippen molar-refractivity contribution in [1.82, 2.24) is 10.2 Å². The number of hydrogen-bond acceptors (Lipinski definition) is 1. The molecule has 0 atom stereocenters. The van der Waals surface area contributed by atoms with Crippen LogP contribution in [0.25, 0.3) is 10.9 Å². The van der Waals surface area contributed by atoms with Gasteiger partial charge in [0.2, 0.25) is 0 Å². The number of aromatic amines is 1. The molecule has 0 saturated heterocycles. The van der Waals surface area contributed by atoms with E-state index < -0.39 is 0 Å². The summed E-state index contributed by atoms with van der Waals surface area (Å²) in [6.07, 6.45) is 0.847. The zero-order valence-corrected chi connectivity index (χ0v) is 6.76. The van der Waals surface area contributed by atoms with Crippen LogP contribution in [-0.2, 0) is 6.42 Å². The van der Waals surface area contributed by atoms with E-state index in [1.807, 2.05) is 13.0 Å². The molecule has 2 nitrogen and oxygen atoms in total. The molecule has 2 aromatic rings. The van der Waals surface area contributed by atoms with E-state index in [4.69, 9.17) is 0 Å². The van der Waals surface area contributed by atoms with E-state index in [9.17, 15) is 4.39 Å². The van der Waals surface area contributed by atoms with Crippen LogP contribution in [0.5, 0.6) is 0 Å². The smallest absolute Gasteiger partial charge is 0.151 e. The predicted octanol–water partition coefficient (Wildman–Crippen LogP) is 2.26. The molecule has 2 rings (SSSR count). The van der Waals surface area contributed by atoms with Crippen molar-refractivity contribution >= 4 is 10.9 Å². The summed E-state index contributed by atoms with van der Waals surface area (Å²) in [5.41, 5.74) is 1.43. The highest BCUT2D eigenvalue weighted by Crippen LogP contribution is 2.18. The number of nitrogens with zero attached hydrogens (tertiary/aromatic N) is 1. The van der Waals surface area contributed by atoms with Crippen LogP contribution in [0.4, 0.5) is 4.39 Å². The van der Waals surface area contributed by atoms with Crippen molar-refractivity contribution in [2.24, 2.45) is 0 Å². The number of para-hydroxylation sites is 1. The first kappa shape index (κ1) is 7.28. The number of nitrogens with one attached hydrogen (secondary N) is 1. The van der Waals surface area contributed by atoms with Gasteiger partial charge in [0, 0.05) is 11.1 Å². The van der Waals surface area contributed by atoms with Crippen LogP contribution in [-0.4, -0.2) is 10.2 Å². The normalized spacial score (nSPS) is 10.8. The highest BCUT2D eigenvalue weighted by atomic mass is 19.1. The highest BCUT2D eigenvalue weighted by molar-refractivity contribution is 5.81. The first-order valence-electron chi connectivity index (χ1n) is 3.94. The third kappa shape index (κ3) is 0.897. The van der Waals surface area contributed by atoms with Gasteiger partial charge in [-0.1, -0.05) is 19.1 Å². The van der Waals surface area contributed by atoms with Gasteiger partial charge in [-0.05, 0) is 12.5 Å². The molecular formula is C9H9FN2. The van der Waals surface area contributed by atoms with E-state index in [-0.39, 0.29) is 5.82 Å². The van der Waals surface area contributed by atoms with Crippen molar-refractivity contribution in [1.29, 1.82) is 0 Å². The van der Waals surface area contributed by atoms with Gasteiger partial charge >= 0.3 is 0 Å². The lowest BCUT2D eigenvalue weighted by molar-refractivity contribution is 0.636. The lowest BCUT2D eigenvalue weighted by atomic mass is 10.2. The van der Waals surface area contributed by atoms with Crippen molar-refractivity contribution in [3.05, 3.63) is 29.7 Å². The molecule has 0 spiro atoms. The molecule has 12 heavy (non-hydrogen) atoms. The average Bonchev–Trinajstić information content (AvgIpc) is 2.49. The van der Waals surface area contributed by atoms with Gasteiger partial charge in [0.1, 0.15) is 5.52 Å². The third-order valence-electron chi connectivity index (χ3n) is 1.97. The Morgan fingerprint density at radius 3 is 3.08 bits per heavy atom. The second-order valence-corrected chi connectivity index (χ2v) is 2.69. The minimum atomic E-state index is -0.261. The molecule has 0 unspecified atom stereocenters. The van der Waals surface area contributed by atoms with Crippen molar-refractivity contribution in [3.8, 4) is 0 Å². The Morgan fingerprint density at radius 2 is 2.33 bits per heavy atom. The second kappa shape index (κ2) is 2.59. The van der Waals surface area contributed by atoms with E-state index in [1.165, 1.54) is 6.07 Å². The summed E-state index contributed by atoms with van der Waals surface area (Å²) in [4.78, 5) is 0. The number of aromatic nitrogens is 2. The largest absolute Gasteiger partial charge is 0.281 e. The van der Waals surface area contributed by atoms with Crippen LogP contribution in [0.3, 0.4) is 0 Å². The zero-order valence-electron chi connectivity index (χ0n) is 6.76. The Labute approximate surface area is 69.4 Å². The fourth-order valence-corrected chi connectivity index (χ4v) is 1.33. The predicted molar refractivity (Wildman–Crippen MR) is 45.4 cm³/mol. The molecule has 0 radical (unpaired) electrons. The summed E-state index contributed by atoms with van der Waals surface area (Å²) in [5.74, 6) is -0.261. The highest BCUT2D eigenvalue weighted by Gasteiger charge is 2.06. The third-order valence-corrected chi connectivity index (χ3v) is 1.97. The summed E-state index contributed by atoms with van der Waals surface area (Å²) in [7, 11) is 0. The summed E-state index contributed by atoms with van der Waals surface area (Å²) in [6.45, 7) is 2.01. The molecule has 0 fully saturated rings. The number of rotatable bonds is 1. The number of H-pyrrole nitrogens is 1. The van der Waals surface area contributed by atoms with E-state index in [0.29, 0.717) is 5.52 Å². The van der Waals surface area contributed by atoms with Gasteiger partial charge in [-0.25, -0.2) is 4.39 Å². The number of halogens is 1. The SMILES string of the molecule is CCc1[nH]nc2c(F)cccc12. The monoisotopic (exact) mass is 164 g/mol. The Balaban J connectivity index is 2.80. The maximum Gasteiger partial charge on any atom is 0.151 e. The summed E-state index contributed by atoms with van der Waals surface area (Å²) in [5, 5.41) is 7.59. The Hall–Kier alpha value is -1.38. The standard InChI is InChI=1S/C9H9FN2/c1-2-8-6-4-3-5-7(10)9(6)12-11-8/h3-5H,2H2,1H3,(H,11,12). The van der Waals surface area contributed by atoms with Gasteiger partial charge in [-0.15, -0.1) is 0 Å². The second-order valence-electron chi connectivity index (χ2n) is 2.69. The van der Waals surface area contributed by atoms with Gasteiger partial charge < -0.3 is 0 Å². The number of benzene rings is 1. The van der Waals surface area contributed by atoms with Crippen molar-refractivity contribution in [2.75, 3.05) is 0 Å². The van der Waals surface area contributed by atoms with Crippen LogP contribution in [0, 0.1) is 5.82 Å². The van der Waals surface area contributed by atoms with Gasteiger partial charge in [-0.3, -0.25) is 5.10 Å². The summed E-state index contributed by atoms with van der Waals surface area (Å²) in [6, 6.07) is 5.00. The van der Waals surface area contributed by atoms with Crippen molar-refractivity contribution in [3.63, 3.8) is 0 Å². The lowest BCUT2D eigenvalue weighted by Gasteiger charge is -1.91. The van der Waals surface area contributed by atoms with E-state index >= 15 is 0 Å². The number of aryl methyl sites for hydroxylation is 1. The van der Waals surface area contributed by atoms with Crippen LogP contribution >= 0.6 is 0 Å². The van der Waals surface area contributed by atoms with E-state index in [0.717, 1.165) is 17.5 Å². The molecule has 0 bridgehead atoms. The van der Waals surface area contributed by atoms with Crippen LogP contribution < -0.4 is 0 Å². The zero-order chi connectivity index (χ0) is 8.55. The molecule has 0 aliphatic heterocycles. The molecule has 1 N–H and O–H groups in total. The first-order valence-corrected chi connectivity index (χ1v) is 3.94. The maximum absolute atomic E-state index is 13.1. The molecule has 1 aromatic carbocycles. The molecule has 0 aliphatic rings. The molecule has 0 amide bonds. The Kier molecular flexibility index (Phi) is 1.57. The summed E-state index contributed by atoms with van der Waals surface area (Å²) < 4.78 is 13.1. The molecular weight excluding hydrogens is 155 g/mol. The molecule has 0 saturated carbocycles. The van der Waals surface area contributed by atoms with Crippen molar-refractivity contribution < 1.29 is 4.39 Å². The fraction of sp³-hybridized carbons (Fsp3) is 0.222. The molecule has 1 aromatic heterocycles. The summed E-state index contributed by atoms with van der Waals surface area (Å²) >= 11 is 0. The topological polar surface area (TPSA) is 28.7 Å². The first-order chi connectivity index (χ1) is 5.83. The van der Waals surface area contributed by atoms with Crippen LogP contribution in [0.15, 0.2) is 18.2 Å². The quantitative estimate of drug-likeness (QED) is 0.688. The van der Waals surface area contributed by atoms with Gasteiger partial charge in [-0.2, -0.15) is 5.10 Å².